The van der Waals surface area contributed by atoms with Gasteiger partial charge in [-0.2, -0.15) is 11.8 Å². The van der Waals surface area contributed by atoms with Crippen LogP contribution in [0.1, 0.15) is 16.2 Å². The Morgan fingerprint density at radius 3 is 2.81 bits per heavy atom. The van der Waals surface area contributed by atoms with Gasteiger partial charge in [0.25, 0.3) is 5.91 Å². The summed E-state index contributed by atoms with van der Waals surface area (Å²) >= 11 is 9.94. The number of amides is 1. The van der Waals surface area contributed by atoms with Gasteiger partial charge in [-0.1, -0.05) is 17.7 Å². The van der Waals surface area contributed by atoms with Gasteiger partial charge in [-0.05, 0) is 36.6 Å². The second-order valence-corrected chi connectivity index (χ2v) is 8.70. The molecule has 1 N–H and O–H groups in total. The van der Waals surface area contributed by atoms with Crippen molar-refractivity contribution in [3.8, 4) is 10.8 Å². The molecule has 1 saturated heterocycles. The molecule has 5 nitrogen and oxygen atoms in total. The predicted octanol–water partition coefficient (Wildman–Crippen LogP) is 5.17. The van der Waals surface area contributed by atoms with Crippen LogP contribution in [0.15, 0.2) is 40.1 Å². The zero-order valence-corrected chi connectivity index (χ0v) is 17.1. The van der Waals surface area contributed by atoms with Crippen LogP contribution in [0.3, 0.4) is 0 Å². The smallest absolute Gasteiger partial charge is 0.277 e. The van der Waals surface area contributed by atoms with Gasteiger partial charge in [-0.15, -0.1) is 11.3 Å². The minimum atomic E-state index is -0.308. The Hall–Kier alpha value is -1.96. The van der Waals surface area contributed by atoms with Gasteiger partial charge in [0.1, 0.15) is 5.76 Å². The lowest BCUT2D eigenvalue weighted by atomic mass is 10.2. The summed E-state index contributed by atoms with van der Waals surface area (Å²) in [5.41, 5.74) is 1.93. The molecule has 3 heterocycles. The Bertz CT molecular complexity index is 950. The number of rotatable bonds is 4. The molecule has 0 spiro atoms. The van der Waals surface area contributed by atoms with E-state index in [0.717, 1.165) is 35.2 Å². The Morgan fingerprint density at radius 2 is 2.11 bits per heavy atom. The predicted molar refractivity (Wildman–Crippen MR) is 113 cm³/mol. The number of thiophene rings is 1. The number of aryl methyl sites for hydroxylation is 1. The third-order valence-electron chi connectivity index (χ3n) is 4.30. The molecule has 0 radical (unpaired) electrons. The Labute approximate surface area is 170 Å². The van der Waals surface area contributed by atoms with Crippen LogP contribution in [0.2, 0.25) is 5.02 Å². The summed E-state index contributed by atoms with van der Waals surface area (Å²) in [6.45, 7) is 3.71. The van der Waals surface area contributed by atoms with Crippen molar-refractivity contribution in [2.24, 2.45) is 0 Å². The lowest BCUT2D eigenvalue weighted by Crippen LogP contribution is -2.32. The monoisotopic (exact) mass is 419 g/mol. The highest BCUT2D eigenvalue weighted by Crippen LogP contribution is 2.31. The molecular weight excluding hydrogens is 402 g/mol. The van der Waals surface area contributed by atoms with Crippen LogP contribution in [0.5, 0.6) is 0 Å². The second-order valence-electron chi connectivity index (χ2n) is 6.12. The van der Waals surface area contributed by atoms with Crippen LogP contribution in [-0.4, -0.2) is 35.5 Å². The van der Waals surface area contributed by atoms with Crippen molar-refractivity contribution in [3.05, 3.63) is 52.2 Å². The Kier molecular flexibility index (Phi) is 5.43. The average Bonchev–Trinajstić information content (AvgIpc) is 3.32. The molecule has 0 aliphatic carbocycles. The average molecular weight is 420 g/mol. The lowest BCUT2D eigenvalue weighted by Gasteiger charge is -2.29. The Morgan fingerprint density at radius 1 is 1.30 bits per heavy atom. The molecule has 27 heavy (non-hydrogen) atoms. The van der Waals surface area contributed by atoms with Crippen LogP contribution in [0, 0.1) is 6.92 Å². The number of hydrogen-bond donors (Lipinski definition) is 1. The molecule has 0 unspecified atom stereocenters. The summed E-state index contributed by atoms with van der Waals surface area (Å²) in [6, 6.07) is 9.45. The normalized spacial score (nSPS) is 14.4. The van der Waals surface area contributed by atoms with Crippen molar-refractivity contribution in [1.82, 2.24) is 4.98 Å². The largest absolute Gasteiger partial charge is 0.440 e. The minimum Gasteiger partial charge on any atom is -0.440 e. The van der Waals surface area contributed by atoms with Gasteiger partial charge in [0.05, 0.1) is 15.6 Å². The number of halogens is 1. The van der Waals surface area contributed by atoms with Gasteiger partial charge < -0.3 is 14.6 Å². The fourth-order valence-corrected chi connectivity index (χ4v) is 4.80. The number of anilines is 2. The van der Waals surface area contributed by atoms with Gasteiger partial charge in [0.15, 0.2) is 5.69 Å². The van der Waals surface area contributed by atoms with Crippen LogP contribution in [0.25, 0.3) is 10.8 Å². The van der Waals surface area contributed by atoms with Crippen LogP contribution in [0.4, 0.5) is 11.4 Å². The summed E-state index contributed by atoms with van der Waals surface area (Å²) in [7, 11) is 0. The molecule has 3 aromatic rings. The molecule has 1 fully saturated rings. The highest BCUT2D eigenvalue weighted by atomic mass is 35.5. The van der Waals surface area contributed by atoms with Crippen LogP contribution >= 0.6 is 34.7 Å². The van der Waals surface area contributed by atoms with Crippen molar-refractivity contribution in [3.63, 3.8) is 0 Å². The zero-order valence-electron chi connectivity index (χ0n) is 14.7. The highest BCUT2D eigenvalue weighted by Gasteiger charge is 2.20. The van der Waals surface area contributed by atoms with E-state index in [1.165, 1.54) is 11.3 Å². The van der Waals surface area contributed by atoms with Crippen molar-refractivity contribution in [1.29, 1.82) is 0 Å². The van der Waals surface area contributed by atoms with Crippen molar-refractivity contribution < 1.29 is 9.21 Å². The van der Waals surface area contributed by atoms with E-state index in [9.17, 15) is 4.79 Å². The van der Waals surface area contributed by atoms with E-state index in [1.807, 2.05) is 41.4 Å². The first kappa shape index (κ1) is 18.4. The van der Waals surface area contributed by atoms with Crippen LogP contribution in [-0.2, 0) is 0 Å². The molecule has 8 heteroatoms. The summed E-state index contributed by atoms with van der Waals surface area (Å²) in [6.07, 6.45) is 0. The number of oxazole rings is 1. The number of nitrogens with zero attached hydrogens (tertiary/aromatic N) is 2. The number of nitrogens with one attached hydrogen (secondary N) is 1. The third-order valence-corrected chi connectivity index (χ3v) is 6.40. The van der Waals surface area contributed by atoms with E-state index in [0.29, 0.717) is 22.4 Å². The van der Waals surface area contributed by atoms with Crippen molar-refractivity contribution in [2.75, 3.05) is 34.8 Å². The molecule has 1 amide bonds. The molecule has 1 aromatic carbocycles. The van der Waals surface area contributed by atoms with E-state index in [2.05, 4.69) is 15.2 Å². The van der Waals surface area contributed by atoms with E-state index in [1.54, 1.807) is 13.0 Å². The number of aromatic nitrogens is 1. The van der Waals surface area contributed by atoms with Crippen molar-refractivity contribution >= 4 is 52.0 Å². The summed E-state index contributed by atoms with van der Waals surface area (Å²) in [5.74, 6) is 2.85. The fraction of sp³-hybridized carbons (Fsp3) is 0.263. The molecule has 1 aliphatic rings. The highest BCUT2D eigenvalue weighted by molar-refractivity contribution is 7.99. The fourth-order valence-electron chi connectivity index (χ4n) is 2.95. The van der Waals surface area contributed by atoms with Gasteiger partial charge in [0.2, 0.25) is 5.89 Å². The quantitative estimate of drug-likeness (QED) is 0.632. The first-order chi connectivity index (χ1) is 13.1. The van der Waals surface area contributed by atoms with Crippen LogP contribution < -0.4 is 10.2 Å². The summed E-state index contributed by atoms with van der Waals surface area (Å²) < 4.78 is 5.64. The van der Waals surface area contributed by atoms with E-state index < -0.39 is 0 Å². The standard InChI is InChI=1S/C19H18ClN3O2S2/c1-12-17(22-19(25-12)16-3-2-8-27-16)18(24)21-13-4-5-15(14(20)11-13)23-6-9-26-10-7-23/h2-5,8,11H,6-7,9-10H2,1H3,(H,21,24). The number of carbonyl (C=O) groups is 1. The molecule has 1 aliphatic heterocycles. The van der Waals surface area contributed by atoms with Gasteiger partial charge in [0, 0.05) is 30.3 Å². The van der Waals surface area contributed by atoms with Crippen molar-refractivity contribution in [2.45, 2.75) is 6.92 Å². The summed E-state index contributed by atoms with van der Waals surface area (Å²) in [4.78, 5) is 20.1. The lowest BCUT2D eigenvalue weighted by molar-refractivity contribution is 0.102. The first-order valence-corrected chi connectivity index (χ1v) is 11.0. The van der Waals surface area contributed by atoms with E-state index in [-0.39, 0.29) is 11.6 Å². The molecule has 0 bridgehead atoms. The third kappa shape index (κ3) is 4.00. The molecule has 140 valence electrons. The van der Waals surface area contributed by atoms with Gasteiger partial charge >= 0.3 is 0 Å². The maximum atomic E-state index is 12.6. The SMILES string of the molecule is Cc1oc(-c2cccs2)nc1C(=O)Nc1ccc(N2CCSCC2)c(Cl)c1. The molecule has 0 atom stereocenters. The first-order valence-electron chi connectivity index (χ1n) is 8.57. The second kappa shape index (κ2) is 7.96. The maximum absolute atomic E-state index is 12.6. The maximum Gasteiger partial charge on any atom is 0.277 e. The molecule has 0 saturated carbocycles. The van der Waals surface area contributed by atoms with E-state index >= 15 is 0 Å². The van der Waals surface area contributed by atoms with E-state index in [4.69, 9.17) is 16.0 Å². The van der Waals surface area contributed by atoms with Gasteiger partial charge in [-0.25, -0.2) is 4.98 Å². The molecule has 2 aromatic heterocycles. The van der Waals surface area contributed by atoms with Gasteiger partial charge in [-0.3, -0.25) is 4.79 Å². The zero-order chi connectivity index (χ0) is 18.8. The topological polar surface area (TPSA) is 58.4 Å². The number of hydrogen-bond acceptors (Lipinski definition) is 6. The summed E-state index contributed by atoms with van der Waals surface area (Å²) in [5, 5.41) is 5.44. The number of carbonyl (C=O) groups excluding carboxylic acids is 1. The molecule has 4 rings (SSSR count). The molecular formula is C19H18ClN3O2S2. The minimum absolute atomic E-state index is 0.284. The number of thioether (sulfide) groups is 1. The Balaban J connectivity index is 1.50. The number of benzene rings is 1.